The van der Waals surface area contributed by atoms with Gasteiger partial charge in [0.15, 0.2) is 0 Å². The number of carbonyl (C=O) groups is 4. The van der Waals surface area contributed by atoms with E-state index in [1.54, 1.807) is 24.3 Å². The quantitative estimate of drug-likeness (QED) is 0.163. The summed E-state index contributed by atoms with van der Waals surface area (Å²) in [6.07, 6.45) is 3.69. The average molecular weight is 526 g/mol. The minimum Gasteiger partial charge on any atom is -0.493 e. The molecular formula is C30H23NO6S. The summed E-state index contributed by atoms with van der Waals surface area (Å²) in [5.74, 6) is -0.436. The first kappa shape index (κ1) is 25.2. The van der Waals surface area contributed by atoms with Crippen molar-refractivity contribution in [1.29, 1.82) is 0 Å². The molecule has 0 saturated heterocycles. The Hall–Kier alpha value is -4.43. The van der Waals surface area contributed by atoms with Crippen molar-refractivity contribution < 1.29 is 28.7 Å². The summed E-state index contributed by atoms with van der Waals surface area (Å²) in [4.78, 5) is 50.1. The number of esters is 1. The topological polar surface area (TPSA) is 90.0 Å². The Morgan fingerprint density at radius 3 is 2.29 bits per heavy atom. The SMILES string of the molecule is C=COC(=O)CCOc1ccc2c(c1)C(C)c1cc(C(=O)Sc3ccc(N4C(=O)C=CC4=O)cc3)ccc1-2. The zero-order chi connectivity index (χ0) is 26.8. The van der Waals surface area contributed by atoms with Crippen molar-refractivity contribution >= 4 is 40.3 Å². The van der Waals surface area contributed by atoms with Crippen LogP contribution in [0.5, 0.6) is 5.75 Å². The van der Waals surface area contributed by atoms with Gasteiger partial charge < -0.3 is 9.47 Å². The Bertz CT molecular complexity index is 1490. The van der Waals surface area contributed by atoms with Gasteiger partial charge in [-0.05, 0) is 82.5 Å². The van der Waals surface area contributed by atoms with Crippen molar-refractivity contribution in [3.63, 3.8) is 0 Å². The van der Waals surface area contributed by atoms with Crippen molar-refractivity contribution in [1.82, 2.24) is 0 Å². The Morgan fingerprint density at radius 2 is 1.61 bits per heavy atom. The van der Waals surface area contributed by atoms with Gasteiger partial charge in [0, 0.05) is 28.5 Å². The van der Waals surface area contributed by atoms with Gasteiger partial charge in [-0.15, -0.1) is 0 Å². The second-order valence-electron chi connectivity index (χ2n) is 8.76. The fourth-order valence-corrected chi connectivity index (χ4v) is 5.31. The fourth-order valence-electron chi connectivity index (χ4n) is 4.58. The highest BCUT2D eigenvalue weighted by molar-refractivity contribution is 8.14. The van der Waals surface area contributed by atoms with Crippen LogP contribution < -0.4 is 9.64 Å². The molecule has 3 aromatic rings. The molecule has 5 rings (SSSR count). The first-order valence-electron chi connectivity index (χ1n) is 12.0. The van der Waals surface area contributed by atoms with Crippen LogP contribution >= 0.6 is 11.8 Å². The minimum atomic E-state index is -0.401. The molecule has 0 radical (unpaired) electrons. The lowest BCUT2D eigenvalue weighted by atomic mass is 9.98. The zero-order valence-electron chi connectivity index (χ0n) is 20.5. The Kier molecular flexibility index (Phi) is 6.98. The highest BCUT2D eigenvalue weighted by Gasteiger charge is 2.28. The van der Waals surface area contributed by atoms with Gasteiger partial charge in [0.25, 0.3) is 11.8 Å². The van der Waals surface area contributed by atoms with E-state index in [4.69, 9.17) is 9.47 Å². The lowest BCUT2D eigenvalue weighted by molar-refractivity contribution is -0.138. The van der Waals surface area contributed by atoms with Gasteiger partial charge in [0.1, 0.15) is 5.75 Å². The van der Waals surface area contributed by atoms with Gasteiger partial charge in [-0.3, -0.25) is 19.2 Å². The maximum atomic E-state index is 13.1. The van der Waals surface area contributed by atoms with Crippen LogP contribution in [-0.4, -0.2) is 29.5 Å². The molecule has 3 aromatic carbocycles. The highest BCUT2D eigenvalue weighted by Crippen LogP contribution is 2.46. The molecule has 38 heavy (non-hydrogen) atoms. The van der Waals surface area contributed by atoms with E-state index < -0.39 is 5.97 Å². The zero-order valence-corrected chi connectivity index (χ0v) is 21.3. The molecule has 1 atom stereocenters. The van der Waals surface area contributed by atoms with Crippen molar-refractivity contribution in [3.8, 4) is 16.9 Å². The molecular weight excluding hydrogens is 502 g/mol. The maximum Gasteiger partial charge on any atom is 0.314 e. The molecule has 0 bridgehead atoms. The number of ether oxygens (including phenoxy) is 2. The number of amides is 2. The van der Waals surface area contributed by atoms with E-state index >= 15 is 0 Å². The molecule has 0 aromatic heterocycles. The van der Waals surface area contributed by atoms with Gasteiger partial charge in [0.05, 0.1) is 25.0 Å². The molecule has 2 aliphatic rings. The summed E-state index contributed by atoms with van der Waals surface area (Å²) >= 11 is 1.09. The monoisotopic (exact) mass is 525 g/mol. The van der Waals surface area contributed by atoms with E-state index in [9.17, 15) is 19.2 Å². The third-order valence-electron chi connectivity index (χ3n) is 6.44. The first-order chi connectivity index (χ1) is 18.4. The number of anilines is 1. The lowest BCUT2D eigenvalue weighted by Gasteiger charge is -2.14. The van der Waals surface area contributed by atoms with Crippen LogP contribution in [0.4, 0.5) is 5.69 Å². The van der Waals surface area contributed by atoms with Crippen molar-refractivity contribution in [2.45, 2.75) is 24.2 Å². The normalized spacial score (nSPS) is 15.3. The molecule has 0 N–H and O–H groups in total. The number of imide groups is 1. The third kappa shape index (κ3) is 4.90. The molecule has 190 valence electrons. The molecule has 0 saturated carbocycles. The summed E-state index contributed by atoms with van der Waals surface area (Å²) in [6, 6.07) is 18.3. The van der Waals surface area contributed by atoms with E-state index in [-0.39, 0.29) is 35.9 Å². The Balaban J connectivity index is 1.27. The predicted octanol–water partition coefficient (Wildman–Crippen LogP) is 5.64. The van der Waals surface area contributed by atoms with Gasteiger partial charge >= 0.3 is 5.97 Å². The second-order valence-corrected chi connectivity index (χ2v) is 9.80. The van der Waals surface area contributed by atoms with Crippen LogP contribution in [-0.2, 0) is 19.1 Å². The van der Waals surface area contributed by atoms with Gasteiger partial charge in [0.2, 0.25) is 5.12 Å². The summed E-state index contributed by atoms with van der Waals surface area (Å²) < 4.78 is 10.4. The van der Waals surface area contributed by atoms with Crippen LogP contribution in [0.3, 0.4) is 0 Å². The van der Waals surface area contributed by atoms with E-state index in [0.29, 0.717) is 21.9 Å². The second kappa shape index (κ2) is 10.5. The minimum absolute atomic E-state index is 0.0652. The largest absolute Gasteiger partial charge is 0.493 e. The van der Waals surface area contributed by atoms with E-state index in [0.717, 1.165) is 45.2 Å². The number of nitrogens with zero attached hydrogens (tertiary/aromatic N) is 1. The smallest absolute Gasteiger partial charge is 0.314 e. The molecule has 1 unspecified atom stereocenters. The average Bonchev–Trinajstić information content (AvgIpc) is 3.39. The van der Waals surface area contributed by atoms with Gasteiger partial charge in [-0.1, -0.05) is 25.6 Å². The standard InChI is InChI=1S/C30H23NO6S/c1-3-36-29(34)14-15-37-21-7-11-24-23-10-4-19(16-25(23)18(2)26(24)17-21)30(35)38-22-8-5-20(6-9-22)31-27(32)12-13-28(31)33/h3-13,16-18H,1,14-15H2,2H3. The van der Waals surface area contributed by atoms with E-state index in [1.807, 2.05) is 36.4 Å². The van der Waals surface area contributed by atoms with E-state index in [2.05, 4.69) is 13.5 Å². The summed E-state index contributed by atoms with van der Waals surface area (Å²) in [5.41, 5.74) is 5.38. The fraction of sp³-hybridized carbons (Fsp3) is 0.133. The Labute approximate surface area is 223 Å². The van der Waals surface area contributed by atoms with Crippen LogP contribution in [0, 0.1) is 0 Å². The predicted molar refractivity (Wildman–Crippen MR) is 144 cm³/mol. The molecule has 1 aliphatic heterocycles. The van der Waals surface area contributed by atoms with Crippen molar-refractivity contribution in [2.75, 3.05) is 11.5 Å². The van der Waals surface area contributed by atoms with Crippen LogP contribution in [0.2, 0.25) is 0 Å². The van der Waals surface area contributed by atoms with E-state index in [1.165, 1.54) is 12.2 Å². The van der Waals surface area contributed by atoms with Crippen LogP contribution in [0.15, 0.2) is 90.6 Å². The number of carbonyl (C=O) groups excluding carboxylic acids is 4. The highest BCUT2D eigenvalue weighted by atomic mass is 32.2. The Morgan fingerprint density at radius 1 is 0.947 bits per heavy atom. The first-order valence-corrected chi connectivity index (χ1v) is 12.8. The number of rotatable bonds is 8. The lowest BCUT2D eigenvalue weighted by Crippen LogP contribution is -2.29. The number of benzene rings is 3. The number of thioether (sulfide) groups is 1. The summed E-state index contributed by atoms with van der Waals surface area (Å²) in [7, 11) is 0. The molecule has 8 heteroatoms. The molecule has 0 fully saturated rings. The van der Waals surface area contributed by atoms with Crippen molar-refractivity contribution in [2.24, 2.45) is 0 Å². The molecule has 1 aliphatic carbocycles. The third-order valence-corrected chi connectivity index (χ3v) is 7.37. The number of hydrogen-bond acceptors (Lipinski definition) is 7. The summed E-state index contributed by atoms with van der Waals surface area (Å²) in [5, 5.41) is -0.103. The maximum absolute atomic E-state index is 13.1. The van der Waals surface area contributed by atoms with Gasteiger partial charge in [-0.25, -0.2) is 4.90 Å². The van der Waals surface area contributed by atoms with Gasteiger partial charge in [-0.2, -0.15) is 0 Å². The number of fused-ring (bicyclic) bond motifs is 3. The van der Waals surface area contributed by atoms with Crippen LogP contribution in [0.25, 0.3) is 11.1 Å². The van der Waals surface area contributed by atoms with Crippen LogP contribution in [0.1, 0.15) is 40.7 Å². The molecule has 2 amide bonds. The molecule has 0 spiro atoms. The molecule has 7 nitrogen and oxygen atoms in total. The van der Waals surface area contributed by atoms with Crippen molar-refractivity contribution in [3.05, 3.63) is 102 Å². The summed E-state index contributed by atoms with van der Waals surface area (Å²) in [6.45, 7) is 5.65. The number of hydrogen-bond donors (Lipinski definition) is 0. The molecule has 1 heterocycles.